The van der Waals surface area contributed by atoms with Crippen molar-refractivity contribution in [3.05, 3.63) is 59.9 Å². The first kappa shape index (κ1) is 17.5. The van der Waals surface area contributed by atoms with E-state index in [2.05, 4.69) is 20.8 Å². The third-order valence-corrected chi connectivity index (χ3v) is 3.40. The van der Waals surface area contributed by atoms with Crippen LogP contribution >= 0.6 is 0 Å². The number of halogens is 3. The van der Waals surface area contributed by atoms with Gasteiger partial charge >= 0.3 is 12.2 Å². The highest BCUT2D eigenvalue weighted by molar-refractivity contribution is 6.00. The standard InChI is InChI=1S/C17H13F3N4O2/c1-10-21-15(26-24-10)11-6-8-12(9-7-11)22-16(25)23-14-5-3-2-4-13(14)17(18,19)20/h2-9H,1H3,(H2,22,23,25). The van der Waals surface area contributed by atoms with E-state index in [9.17, 15) is 18.0 Å². The van der Waals surface area contributed by atoms with E-state index in [-0.39, 0.29) is 5.69 Å². The summed E-state index contributed by atoms with van der Waals surface area (Å²) in [5, 5.41) is 8.35. The molecular formula is C17H13F3N4O2. The summed E-state index contributed by atoms with van der Waals surface area (Å²) < 4.78 is 43.9. The van der Waals surface area contributed by atoms with Crippen LogP contribution in [0.2, 0.25) is 0 Å². The predicted molar refractivity (Wildman–Crippen MR) is 88.6 cm³/mol. The van der Waals surface area contributed by atoms with Gasteiger partial charge in [0.25, 0.3) is 5.89 Å². The number of para-hydroxylation sites is 1. The SMILES string of the molecule is Cc1noc(-c2ccc(NC(=O)Nc3ccccc3C(F)(F)F)cc2)n1. The van der Waals surface area contributed by atoms with E-state index in [1.807, 2.05) is 0 Å². The molecule has 0 saturated carbocycles. The molecule has 0 radical (unpaired) electrons. The topological polar surface area (TPSA) is 80.0 Å². The molecule has 0 aliphatic heterocycles. The Labute approximate surface area is 146 Å². The van der Waals surface area contributed by atoms with Crippen molar-refractivity contribution < 1.29 is 22.5 Å². The van der Waals surface area contributed by atoms with Crippen LogP contribution in [-0.4, -0.2) is 16.2 Å². The Kier molecular flexibility index (Phi) is 4.61. The average molecular weight is 362 g/mol. The van der Waals surface area contributed by atoms with Crippen LogP contribution in [0.4, 0.5) is 29.3 Å². The van der Waals surface area contributed by atoms with Crippen LogP contribution in [-0.2, 0) is 6.18 Å². The molecule has 0 fully saturated rings. The molecule has 134 valence electrons. The van der Waals surface area contributed by atoms with Crippen LogP contribution in [0.25, 0.3) is 11.5 Å². The normalized spacial score (nSPS) is 11.2. The monoisotopic (exact) mass is 362 g/mol. The number of aromatic nitrogens is 2. The molecule has 3 rings (SSSR count). The number of aryl methyl sites for hydroxylation is 1. The molecule has 0 aliphatic rings. The number of rotatable bonds is 3. The van der Waals surface area contributed by atoms with Crippen molar-refractivity contribution >= 4 is 17.4 Å². The number of hydrogen-bond acceptors (Lipinski definition) is 4. The van der Waals surface area contributed by atoms with Crippen molar-refractivity contribution in [1.82, 2.24) is 10.1 Å². The van der Waals surface area contributed by atoms with E-state index < -0.39 is 17.8 Å². The fraction of sp³-hybridized carbons (Fsp3) is 0.118. The maximum atomic E-state index is 12.9. The molecule has 0 bridgehead atoms. The Morgan fingerprint density at radius 3 is 2.35 bits per heavy atom. The first-order chi connectivity index (χ1) is 12.3. The molecule has 2 N–H and O–H groups in total. The molecule has 26 heavy (non-hydrogen) atoms. The number of hydrogen-bond donors (Lipinski definition) is 2. The molecule has 1 heterocycles. The second-order valence-electron chi connectivity index (χ2n) is 5.35. The van der Waals surface area contributed by atoms with E-state index in [4.69, 9.17) is 4.52 Å². The van der Waals surface area contributed by atoms with Crippen LogP contribution in [0.3, 0.4) is 0 Å². The molecule has 0 spiro atoms. The van der Waals surface area contributed by atoms with E-state index in [1.165, 1.54) is 18.2 Å². The number of carbonyl (C=O) groups is 1. The zero-order valence-corrected chi connectivity index (χ0v) is 13.5. The first-order valence-corrected chi connectivity index (χ1v) is 7.48. The maximum absolute atomic E-state index is 12.9. The zero-order valence-electron chi connectivity index (χ0n) is 13.5. The Balaban J connectivity index is 1.69. The van der Waals surface area contributed by atoms with Gasteiger partial charge in [0.2, 0.25) is 0 Å². The van der Waals surface area contributed by atoms with Gasteiger partial charge in [0.05, 0.1) is 11.3 Å². The van der Waals surface area contributed by atoms with Crippen molar-refractivity contribution in [2.45, 2.75) is 13.1 Å². The Morgan fingerprint density at radius 1 is 1.04 bits per heavy atom. The van der Waals surface area contributed by atoms with Crippen molar-refractivity contribution in [2.24, 2.45) is 0 Å². The summed E-state index contributed by atoms with van der Waals surface area (Å²) in [4.78, 5) is 16.1. The van der Waals surface area contributed by atoms with Gasteiger partial charge in [0.15, 0.2) is 5.82 Å². The quantitative estimate of drug-likeness (QED) is 0.707. The fourth-order valence-corrected chi connectivity index (χ4v) is 2.23. The largest absolute Gasteiger partial charge is 0.418 e. The number of alkyl halides is 3. The van der Waals surface area contributed by atoms with Gasteiger partial charge in [-0.3, -0.25) is 0 Å². The average Bonchev–Trinajstić information content (AvgIpc) is 3.01. The lowest BCUT2D eigenvalue weighted by Crippen LogP contribution is -2.21. The minimum absolute atomic E-state index is 0.324. The van der Waals surface area contributed by atoms with Gasteiger partial charge in [-0.2, -0.15) is 18.2 Å². The van der Waals surface area contributed by atoms with Crippen molar-refractivity contribution in [1.29, 1.82) is 0 Å². The summed E-state index contributed by atoms with van der Waals surface area (Å²) in [5.41, 5.74) is -0.196. The number of urea groups is 1. The van der Waals surface area contributed by atoms with Crippen molar-refractivity contribution in [3.63, 3.8) is 0 Å². The van der Waals surface area contributed by atoms with E-state index in [1.54, 1.807) is 31.2 Å². The maximum Gasteiger partial charge on any atom is 0.418 e. The molecule has 9 heteroatoms. The highest BCUT2D eigenvalue weighted by Gasteiger charge is 2.33. The van der Waals surface area contributed by atoms with Gasteiger partial charge in [0, 0.05) is 11.3 Å². The molecule has 3 aromatic rings. The lowest BCUT2D eigenvalue weighted by Gasteiger charge is -2.14. The molecule has 1 aromatic heterocycles. The van der Waals surface area contributed by atoms with Crippen LogP contribution < -0.4 is 10.6 Å². The molecule has 0 aliphatic carbocycles. The van der Waals surface area contributed by atoms with Crippen LogP contribution in [0.1, 0.15) is 11.4 Å². The number of nitrogens with zero attached hydrogens (tertiary/aromatic N) is 2. The molecule has 0 saturated heterocycles. The van der Waals surface area contributed by atoms with Crippen molar-refractivity contribution in [2.75, 3.05) is 10.6 Å². The molecule has 0 unspecified atom stereocenters. The van der Waals surface area contributed by atoms with Gasteiger partial charge in [0.1, 0.15) is 0 Å². The second-order valence-corrected chi connectivity index (χ2v) is 5.35. The Bertz CT molecular complexity index is 920. The summed E-state index contributed by atoms with van der Waals surface area (Å²) in [5.74, 6) is 0.822. The van der Waals surface area contributed by atoms with E-state index in [0.29, 0.717) is 23.0 Å². The van der Waals surface area contributed by atoms with Gasteiger partial charge in [-0.1, -0.05) is 17.3 Å². The number of carbonyl (C=O) groups excluding carboxylic acids is 1. The molecule has 0 atom stereocenters. The zero-order chi connectivity index (χ0) is 18.7. The third-order valence-electron chi connectivity index (χ3n) is 3.40. The minimum Gasteiger partial charge on any atom is -0.334 e. The van der Waals surface area contributed by atoms with Gasteiger partial charge in [-0.15, -0.1) is 0 Å². The molecule has 2 aromatic carbocycles. The van der Waals surface area contributed by atoms with E-state index >= 15 is 0 Å². The smallest absolute Gasteiger partial charge is 0.334 e. The summed E-state index contributed by atoms with van der Waals surface area (Å²) in [6.45, 7) is 1.69. The summed E-state index contributed by atoms with van der Waals surface area (Å²) in [7, 11) is 0. The number of benzene rings is 2. The summed E-state index contributed by atoms with van der Waals surface area (Å²) in [6, 6.07) is 10.4. The summed E-state index contributed by atoms with van der Waals surface area (Å²) >= 11 is 0. The van der Waals surface area contributed by atoms with Crippen LogP contribution in [0.15, 0.2) is 53.1 Å². The van der Waals surface area contributed by atoms with Crippen molar-refractivity contribution in [3.8, 4) is 11.5 Å². The molecular weight excluding hydrogens is 349 g/mol. The lowest BCUT2D eigenvalue weighted by atomic mass is 10.1. The van der Waals surface area contributed by atoms with Gasteiger partial charge in [-0.05, 0) is 43.3 Å². The first-order valence-electron chi connectivity index (χ1n) is 7.48. The third kappa shape index (κ3) is 4.00. The highest BCUT2D eigenvalue weighted by atomic mass is 19.4. The highest BCUT2D eigenvalue weighted by Crippen LogP contribution is 2.34. The van der Waals surface area contributed by atoms with Gasteiger partial charge < -0.3 is 15.2 Å². The predicted octanol–water partition coefficient (Wildman–Crippen LogP) is 4.71. The number of nitrogens with one attached hydrogen (secondary N) is 2. The minimum atomic E-state index is -4.56. The number of amides is 2. The number of anilines is 2. The molecule has 6 nitrogen and oxygen atoms in total. The summed E-state index contributed by atoms with van der Waals surface area (Å²) in [6.07, 6.45) is -4.56. The second kappa shape index (κ2) is 6.87. The molecule has 2 amide bonds. The van der Waals surface area contributed by atoms with Gasteiger partial charge in [-0.25, -0.2) is 4.79 Å². The Hall–Kier alpha value is -3.36. The lowest BCUT2D eigenvalue weighted by molar-refractivity contribution is -0.136. The van der Waals surface area contributed by atoms with E-state index in [0.717, 1.165) is 6.07 Å². The Morgan fingerprint density at radius 2 is 1.73 bits per heavy atom. The van der Waals surface area contributed by atoms with Crippen LogP contribution in [0.5, 0.6) is 0 Å². The van der Waals surface area contributed by atoms with Crippen LogP contribution in [0, 0.1) is 6.92 Å². The fourth-order valence-electron chi connectivity index (χ4n) is 2.23.